The van der Waals surface area contributed by atoms with Crippen molar-refractivity contribution in [3.05, 3.63) is 83.9 Å². The zero-order valence-corrected chi connectivity index (χ0v) is 14.8. The molecule has 0 amide bonds. The minimum Gasteiger partial charge on any atom is -0.483 e. The molecule has 0 aliphatic heterocycles. The van der Waals surface area contributed by atoms with Crippen LogP contribution < -0.4 is 0 Å². The van der Waals surface area contributed by atoms with Gasteiger partial charge in [0, 0.05) is 0 Å². The Labute approximate surface area is 161 Å². The predicted molar refractivity (Wildman–Crippen MR) is 104 cm³/mol. The Hall–Kier alpha value is -4.20. The van der Waals surface area contributed by atoms with Gasteiger partial charge in [-0.25, -0.2) is 9.59 Å². The zero-order valence-electron chi connectivity index (χ0n) is 14.8. The van der Waals surface area contributed by atoms with E-state index in [1.165, 1.54) is 0 Å². The first-order chi connectivity index (χ1) is 13.3. The van der Waals surface area contributed by atoms with E-state index in [-0.39, 0.29) is 12.9 Å². The van der Waals surface area contributed by atoms with Crippen LogP contribution in [-0.4, -0.2) is 45.3 Å². The van der Waals surface area contributed by atoms with Gasteiger partial charge in [-0.1, -0.05) is 49.6 Å². The molecular weight excluding hydrogens is 368 g/mol. The third-order valence-electron chi connectivity index (χ3n) is 2.74. The van der Waals surface area contributed by atoms with Crippen molar-refractivity contribution in [1.29, 1.82) is 0 Å². The Morgan fingerprint density at radius 1 is 0.714 bits per heavy atom. The minimum atomic E-state index is -0.909. The van der Waals surface area contributed by atoms with Gasteiger partial charge in [0.05, 0.1) is 11.1 Å². The molecule has 0 aromatic heterocycles. The average Bonchev–Trinajstić information content (AvgIpc) is 2.69. The molecule has 0 bridgehead atoms. The van der Waals surface area contributed by atoms with Gasteiger partial charge in [0.2, 0.25) is 0 Å². The van der Waals surface area contributed by atoms with Gasteiger partial charge in [0.25, 0.3) is 12.9 Å². The van der Waals surface area contributed by atoms with Crippen molar-refractivity contribution in [2.24, 2.45) is 0 Å². The fourth-order valence-electron chi connectivity index (χ4n) is 1.60. The number of benzene rings is 2. The number of carbonyl (C=O) groups is 4. The lowest BCUT2D eigenvalue weighted by molar-refractivity contribution is -0.123. The zero-order chi connectivity index (χ0) is 21.9. The van der Waals surface area contributed by atoms with Crippen LogP contribution >= 0.6 is 0 Å². The third kappa shape index (κ3) is 12.2. The smallest absolute Gasteiger partial charge is 0.335 e. The molecule has 2 aromatic carbocycles. The summed E-state index contributed by atoms with van der Waals surface area (Å²) in [7, 11) is 0. The van der Waals surface area contributed by atoms with E-state index in [0.717, 1.165) is 11.1 Å². The molecule has 0 saturated carbocycles. The van der Waals surface area contributed by atoms with Crippen LogP contribution in [0.5, 0.6) is 0 Å². The number of carboxylic acids is 2. The molecule has 0 radical (unpaired) electrons. The highest BCUT2D eigenvalue weighted by Crippen LogP contribution is 2.06. The van der Waals surface area contributed by atoms with E-state index in [1.54, 1.807) is 60.7 Å². The minimum absolute atomic E-state index is 0.250. The second-order valence-corrected chi connectivity index (χ2v) is 4.48. The molecule has 2 rings (SSSR count). The van der Waals surface area contributed by atoms with Crippen LogP contribution in [0.25, 0.3) is 12.2 Å². The van der Waals surface area contributed by atoms with Gasteiger partial charge in [0.15, 0.2) is 0 Å². The first-order valence-corrected chi connectivity index (χ1v) is 7.38. The van der Waals surface area contributed by atoms with Crippen molar-refractivity contribution < 1.29 is 39.6 Å². The largest absolute Gasteiger partial charge is 0.483 e. The molecule has 8 nitrogen and oxygen atoms in total. The maximum absolute atomic E-state index is 10.4. The van der Waals surface area contributed by atoms with Crippen molar-refractivity contribution in [2.45, 2.75) is 0 Å². The molecule has 8 heteroatoms. The maximum Gasteiger partial charge on any atom is 0.335 e. The molecule has 4 N–H and O–H groups in total. The highest BCUT2D eigenvalue weighted by molar-refractivity contribution is 5.88. The Bertz CT molecular complexity index is 729. The lowest BCUT2D eigenvalue weighted by atomic mass is 10.1. The molecule has 0 aliphatic carbocycles. The summed E-state index contributed by atoms with van der Waals surface area (Å²) in [5.41, 5.74) is 2.24. The number of hydrogen-bond donors (Lipinski definition) is 4. The average molecular weight is 388 g/mol. The van der Waals surface area contributed by atoms with Crippen molar-refractivity contribution in [1.82, 2.24) is 0 Å². The summed E-state index contributed by atoms with van der Waals surface area (Å²) >= 11 is 0. The fourth-order valence-corrected chi connectivity index (χ4v) is 1.60. The molecule has 0 atom stereocenters. The highest BCUT2D eigenvalue weighted by Gasteiger charge is 2.00. The molecule has 0 heterocycles. The van der Waals surface area contributed by atoms with E-state index >= 15 is 0 Å². The Balaban J connectivity index is 0. The summed E-state index contributed by atoms with van der Waals surface area (Å²) in [6.07, 6.45) is 3.24. The summed E-state index contributed by atoms with van der Waals surface area (Å²) < 4.78 is 0. The topological polar surface area (TPSA) is 149 Å². The SMILES string of the molecule is C=Cc1cccc(C(=O)O)c1.C=Cc1cccc(C(=O)O)c1.O=CO.O=CO. The van der Waals surface area contributed by atoms with Crippen LogP contribution in [0.15, 0.2) is 61.7 Å². The van der Waals surface area contributed by atoms with Crippen molar-refractivity contribution in [2.75, 3.05) is 0 Å². The maximum atomic E-state index is 10.4. The van der Waals surface area contributed by atoms with E-state index < -0.39 is 11.9 Å². The standard InChI is InChI=1S/2C9H8O2.2CH2O2/c2*1-2-7-4-3-5-8(6-7)9(10)11;2*2-1-3/h2*2-6H,1H2,(H,10,11);2*1H,(H,2,3). The van der Waals surface area contributed by atoms with Crippen molar-refractivity contribution in [3.63, 3.8) is 0 Å². The molecule has 0 fully saturated rings. The normalized spacial score (nSPS) is 8.00. The van der Waals surface area contributed by atoms with Gasteiger partial charge < -0.3 is 20.4 Å². The highest BCUT2D eigenvalue weighted by atomic mass is 16.4. The number of hydrogen-bond acceptors (Lipinski definition) is 4. The van der Waals surface area contributed by atoms with E-state index in [0.29, 0.717) is 11.1 Å². The van der Waals surface area contributed by atoms with E-state index in [1.807, 2.05) is 0 Å². The van der Waals surface area contributed by atoms with Crippen LogP contribution in [0, 0.1) is 0 Å². The van der Waals surface area contributed by atoms with Gasteiger partial charge in [0.1, 0.15) is 0 Å². The second kappa shape index (κ2) is 16.3. The van der Waals surface area contributed by atoms with Gasteiger partial charge in [-0.2, -0.15) is 0 Å². The molecule has 0 spiro atoms. The third-order valence-corrected chi connectivity index (χ3v) is 2.74. The molecule has 28 heavy (non-hydrogen) atoms. The van der Waals surface area contributed by atoms with E-state index in [9.17, 15) is 9.59 Å². The first-order valence-electron chi connectivity index (χ1n) is 7.38. The number of aromatic carboxylic acids is 2. The number of rotatable bonds is 4. The molecule has 0 unspecified atom stereocenters. The molecular formula is C20H20O8. The van der Waals surface area contributed by atoms with E-state index in [2.05, 4.69) is 13.2 Å². The summed E-state index contributed by atoms with van der Waals surface area (Å²) in [5, 5.41) is 30.9. The van der Waals surface area contributed by atoms with Gasteiger partial charge in [-0.15, -0.1) is 0 Å². The number of carboxylic acid groups (broad SMARTS) is 4. The second-order valence-electron chi connectivity index (χ2n) is 4.48. The van der Waals surface area contributed by atoms with Crippen LogP contribution in [0.1, 0.15) is 31.8 Å². The Kier molecular flexibility index (Phi) is 15.1. The fraction of sp³-hybridized carbons (Fsp3) is 0. The van der Waals surface area contributed by atoms with Crippen LogP contribution in [0.4, 0.5) is 0 Å². The first kappa shape index (κ1) is 26.0. The predicted octanol–water partition coefficient (Wildman–Crippen LogP) is 3.46. The monoisotopic (exact) mass is 388 g/mol. The lowest BCUT2D eigenvalue weighted by Gasteiger charge is -1.94. The molecule has 0 saturated heterocycles. The van der Waals surface area contributed by atoms with Crippen LogP contribution in [0.2, 0.25) is 0 Å². The Morgan fingerprint density at radius 2 is 1.00 bits per heavy atom. The van der Waals surface area contributed by atoms with Crippen LogP contribution in [-0.2, 0) is 9.59 Å². The Morgan fingerprint density at radius 3 is 1.21 bits per heavy atom. The molecule has 0 aliphatic rings. The summed E-state index contributed by atoms with van der Waals surface area (Å²) in [5.74, 6) is -1.82. The molecule has 148 valence electrons. The van der Waals surface area contributed by atoms with Crippen molar-refractivity contribution in [3.8, 4) is 0 Å². The van der Waals surface area contributed by atoms with Crippen LogP contribution in [0.3, 0.4) is 0 Å². The van der Waals surface area contributed by atoms with E-state index in [4.69, 9.17) is 30.0 Å². The summed E-state index contributed by atoms with van der Waals surface area (Å²) in [6.45, 7) is 6.58. The lowest BCUT2D eigenvalue weighted by Crippen LogP contribution is -1.95. The summed E-state index contributed by atoms with van der Waals surface area (Å²) in [4.78, 5) is 37.6. The summed E-state index contributed by atoms with van der Waals surface area (Å²) in [6, 6.07) is 13.3. The quantitative estimate of drug-likeness (QED) is 0.582. The van der Waals surface area contributed by atoms with Gasteiger partial charge in [-0.3, -0.25) is 9.59 Å². The van der Waals surface area contributed by atoms with Gasteiger partial charge in [-0.05, 0) is 35.4 Å². The van der Waals surface area contributed by atoms with Crippen molar-refractivity contribution >= 4 is 37.0 Å². The van der Waals surface area contributed by atoms with Gasteiger partial charge >= 0.3 is 11.9 Å². The molecule has 2 aromatic rings.